The molecule has 9 heteroatoms. The largest absolute Gasteiger partial charge is 0.321 e. The standard InChI is InChI=1S/C13H10N6O2S/c14-6-8-5-9-10(17-11(8)20)1-2-19(12(9)21)3-4-22-13-15-7-16-18-13/h1-2,5,7H,3-4H2,(H,17,20)(H,15,16,18). The Kier molecular flexibility index (Phi) is 3.76. The zero-order valence-electron chi connectivity index (χ0n) is 11.2. The van der Waals surface area contributed by atoms with Gasteiger partial charge in [-0.15, -0.1) is 0 Å². The maximum atomic E-state index is 12.4. The highest BCUT2D eigenvalue weighted by Gasteiger charge is 2.07. The van der Waals surface area contributed by atoms with Crippen LogP contribution in [0.25, 0.3) is 10.9 Å². The van der Waals surface area contributed by atoms with Crippen molar-refractivity contribution in [2.75, 3.05) is 5.75 Å². The Morgan fingerprint density at radius 1 is 1.41 bits per heavy atom. The number of thioether (sulfide) groups is 1. The molecule has 0 radical (unpaired) electrons. The van der Waals surface area contributed by atoms with Gasteiger partial charge in [-0.05, 0) is 12.1 Å². The van der Waals surface area contributed by atoms with Crippen molar-refractivity contribution in [2.24, 2.45) is 0 Å². The summed E-state index contributed by atoms with van der Waals surface area (Å²) in [5.41, 5.74) is -0.386. The van der Waals surface area contributed by atoms with Gasteiger partial charge in [0.05, 0.1) is 10.9 Å². The Balaban J connectivity index is 1.89. The van der Waals surface area contributed by atoms with Crippen molar-refractivity contribution >= 4 is 22.7 Å². The minimum absolute atomic E-state index is 0.0709. The topological polar surface area (TPSA) is 120 Å². The summed E-state index contributed by atoms with van der Waals surface area (Å²) in [6, 6.07) is 4.76. The van der Waals surface area contributed by atoms with Crippen molar-refractivity contribution in [1.29, 1.82) is 5.26 Å². The fourth-order valence-electron chi connectivity index (χ4n) is 2.00. The van der Waals surface area contributed by atoms with Gasteiger partial charge in [0.15, 0.2) is 5.16 Å². The van der Waals surface area contributed by atoms with E-state index in [9.17, 15) is 9.59 Å². The maximum absolute atomic E-state index is 12.4. The number of aryl methyl sites for hydroxylation is 1. The lowest BCUT2D eigenvalue weighted by Gasteiger charge is -2.06. The maximum Gasteiger partial charge on any atom is 0.266 e. The van der Waals surface area contributed by atoms with Crippen LogP contribution >= 0.6 is 11.8 Å². The van der Waals surface area contributed by atoms with Crippen molar-refractivity contribution in [3.63, 3.8) is 0 Å². The molecule has 0 aliphatic rings. The van der Waals surface area contributed by atoms with Crippen LogP contribution in [0.4, 0.5) is 0 Å². The predicted octanol–water partition coefficient (Wildman–Crippen LogP) is 0.472. The van der Waals surface area contributed by atoms with E-state index in [2.05, 4.69) is 20.2 Å². The summed E-state index contributed by atoms with van der Waals surface area (Å²) in [5, 5.41) is 16.4. The summed E-state index contributed by atoms with van der Waals surface area (Å²) in [5.74, 6) is 0.634. The lowest BCUT2D eigenvalue weighted by atomic mass is 10.2. The molecule has 8 nitrogen and oxygen atoms in total. The highest BCUT2D eigenvalue weighted by Crippen LogP contribution is 2.11. The van der Waals surface area contributed by atoms with Crippen molar-refractivity contribution < 1.29 is 0 Å². The van der Waals surface area contributed by atoms with E-state index in [0.29, 0.717) is 28.4 Å². The van der Waals surface area contributed by atoms with Crippen molar-refractivity contribution in [2.45, 2.75) is 11.7 Å². The molecule has 0 aliphatic heterocycles. The molecule has 3 aromatic heterocycles. The zero-order chi connectivity index (χ0) is 15.5. The van der Waals surface area contributed by atoms with E-state index >= 15 is 0 Å². The molecule has 0 atom stereocenters. The first-order valence-electron chi connectivity index (χ1n) is 6.34. The van der Waals surface area contributed by atoms with Gasteiger partial charge in [0.1, 0.15) is 18.0 Å². The normalized spacial score (nSPS) is 10.7. The number of aromatic amines is 2. The average Bonchev–Trinajstić information content (AvgIpc) is 3.02. The first-order chi connectivity index (χ1) is 10.7. The molecule has 0 saturated heterocycles. The molecule has 0 saturated carbocycles. The van der Waals surface area contributed by atoms with Crippen molar-refractivity contribution in [1.82, 2.24) is 24.7 Å². The fraction of sp³-hybridized carbons (Fsp3) is 0.154. The van der Waals surface area contributed by atoms with Gasteiger partial charge >= 0.3 is 0 Å². The van der Waals surface area contributed by atoms with Gasteiger partial charge in [0.2, 0.25) is 0 Å². The second kappa shape index (κ2) is 5.87. The average molecular weight is 314 g/mol. The Labute approximate surface area is 127 Å². The Morgan fingerprint density at radius 2 is 2.27 bits per heavy atom. The third kappa shape index (κ3) is 2.64. The van der Waals surface area contributed by atoms with E-state index < -0.39 is 5.56 Å². The molecule has 3 heterocycles. The van der Waals surface area contributed by atoms with Crippen LogP contribution in [0.3, 0.4) is 0 Å². The second-order valence-corrected chi connectivity index (χ2v) is 5.49. The summed E-state index contributed by atoms with van der Waals surface area (Å²) in [4.78, 5) is 30.5. The molecular formula is C13H10N6O2S. The molecule has 0 aliphatic carbocycles. The van der Waals surface area contributed by atoms with Crippen molar-refractivity contribution in [3.05, 3.63) is 50.9 Å². The van der Waals surface area contributed by atoms with Gasteiger partial charge in [0, 0.05) is 18.5 Å². The molecule has 0 amide bonds. The molecule has 3 rings (SSSR count). The first-order valence-corrected chi connectivity index (χ1v) is 7.32. The number of nitrogens with zero attached hydrogens (tertiary/aromatic N) is 4. The summed E-state index contributed by atoms with van der Waals surface area (Å²) in [6.45, 7) is 0.473. The van der Waals surface area contributed by atoms with Crippen molar-refractivity contribution in [3.8, 4) is 6.07 Å². The van der Waals surface area contributed by atoms with Gasteiger partial charge in [-0.2, -0.15) is 10.4 Å². The van der Waals surface area contributed by atoms with Gasteiger partial charge < -0.3 is 9.55 Å². The van der Waals surface area contributed by atoms with Gasteiger partial charge in [0.25, 0.3) is 11.1 Å². The number of pyridine rings is 2. The molecule has 0 spiro atoms. The lowest BCUT2D eigenvalue weighted by molar-refractivity contribution is 0.741. The zero-order valence-corrected chi connectivity index (χ0v) is 12.1. The molecule has 0 fully saturated rings. The van der Waals surface area contributed by atoms with Crippen LogP contribution in [-0.2, 0) is 6.54 Å². The summed E-state index contributed by atoms with van der Waals surface area (Å²) in [6.07, 6.45) is 3.04. The quantitative estimate of drug-likeness (QED) is 0.675. The number of nitriles is 1. The fourth-order valence-corrected chi connectivity index (χ4v) is 2.72. The van der Waals surface area contributed by atoms with Crippen LogP contribution in [-0.4, -0.2) is 30.5 Å². The SMILES string of the molecule is N#Cc1cc2c(=O)n(CCSc3ncn[nH]3)ccc2[nH]c1=O. The Bertz CT molecular complexity index is 967. The van der Waals surface area contributed by atoms with Crippen LogP contribution in [0.5, 0.6) is 0 Å². The predicted molar refractivity (Wildman–Crippen MR) is 80.7 cm³/mol. The smallest absolute Gasteiger partial charge is 0.266 e. The van der Waals surface area contributed by atoms with E-state index in [-0.39, 0.29) is 11.1 Å². The Morgan fingerprint density at radius 3 is 3.00 bits per heavy atom. The number of hydrogen-bond acceptors (Lipinski definition) is 6. The highest BCUT2D eigenvalue weighted by atomic mass is 32.2. The van der Waals surface area contributed by atoms with Crippen LogP contribution in [0, 0.1) is 11.3 Å². The molecule has 3 aromatic rings. The molecular weight excluding hydrogens is 304 g/mol. The highest BCUT2D eigenvalue weighted by molar-refractivity contribution is 7.99. The lowest BCUT2D eigenvalue weighted by Crippen LogP contribution is -2.22. The van der Waals surface area contributed by atoms with Crippen LogP contribution in [0.1, 0.15) is 5.56 Å². The second-order valence-electron chi connectivity index (χ2n) is 4.40. The van der Waals surface area contributed by atoms with Gasteiger partial charge in [-0.3, -0.25) is 14.7 Å². The van der Waals surface area contributed by atoms with Gasteiger partial charge in [-0.25, -0.2) is 4.98 Å². The first kappa shape index (κ1) is 14.1. The van der Waals surface area contributed by atoms with E-state index in [0.717, 1.165) is 0 Å². The summed E-state index contributed by atoms with van der Waals surface area (Å²) >= 11 is 1.45. The molecule has 0 unspecified atom stereocenters. The molecule has 22 heavy (non-hydrogen) atoms. The number of H-pyrrole nitrogens is 2. The number of nitrogens with one attached hydrogen (secondary N) is 2. The Hall–Kier alpha value is -2.86. The minimum Gasteiger partial charge on any atom is -0.321 e. The molecule has 0 aromatic carbocycles. The van der Waals surface area contributed by atoms with Crippen LogP contribution < -0.4 is 11.1 Å². The molecule has 0 bridgehead atoms. The minimum atomic E-state index is -0.493. The third-order valence-electron chi connectivity index (χ3n) is 3.07. The van der Waals surface area contributed by atoms with E-state index in [1.54, 1.807) is 18.3 Å². The molecule has 2 N–H and O–H groups in total. The number of rotatable bonds is 4. The van der Waals surface area contributed by atoms with E-state index in [4.69, 9.17) is 5.26 Å². The molecule has 110 valence electrons. The monoisotopic (exact) mass is 314 g/mol. The van der Waals surface area contributed by atoms with E-state index in [1.165, 1.54) is 28.7 Å². The number of aromatic nitrogens is 5. The number of hydrogen-bond donors (Lipinski definition) is 2. The van der Waals surface area contributed by atoms with Gasteiger partial charge in [-0.1, -0.05) is 11.8 Å². The van der Waals surface area contributed by atoms with Crippen LogP contribution in [0.2, 0.25) is 0 Å². The van der Waals surface area contributed by atoms with Crippen LogP contribution in [0.15, 0.2) is 39.4 Å². The number of fused-ring (bicyclic) bond motifs is 1. The van der Waals surface area contributed by atoms with E-state index in [1.807, 2.05) is 0 Å². The third-order valence-corrected chi connectivity index (χ3v) is 3.93. The summed E-state index contributed by atoms with van der Waals surface area (Å²) in [7, 11) is 0. The summed E-state index contributed by atoms with van der Waals surface area (Å²) < 4.78 is 1.53.